The molecule has 0 aliphatic carbocycles. The molecule has 0 bridgehead atoms. The number of aliphatic imine (C=N–C) groups is 1. The number of rotatable bonds is 3. The summed E-state index contributed by atoms with van der Waals surface area (Å²) in [6.45, 7) is 3.68. The van der Waals surface area contributed by atoms with Crippen molar-refractivity contribution < 1.29 is 0 Å². The zero-order chi connectivity index (χ0) is 22.1. The van der Waals surface area contributed by atoms with Crippen LogP contribution in [0, 0.1) is 12.8 Å². The van der Waals surface area contributed by atoms with Crippen molar-refractivity contribution in [2.45, 2.75) is 32.4 Å². The van der Waals surface area contributed by atoms with Gasteiger partial charge >= 0.3 is 0 Å². The summed E-state index contributed by atoms with van der Waals surface area (Å²) >= 11 is 6.09. The van der Waals surface area contributed by atoms with Crippen molar-refractivity contribution in [2.24, 2.45) is 10.9 Å². The van der Waals surface area contributed by atoms with Gasteiger partial charge in [0.25, 0.3) is 5.56 Å². The van der Waals surface area contributed by atoms with E-state index in [0.29, 0.717) is 22.6 Å². The van der Waals surface area contributed by atoms with Crippen LogP contribution in [-0.4, -0.2) is 33.5 Å². The lowest BCUT2D eigenvalue weighted by atomic mass is 9.90. The van der Waals surface area contributed by atoms with Crippen LogP contribution < -0.4 is 10.9 Å². The number of fused-ring (bicyclic) bond motifs is 1. The van der Waals surface area contributed by atoms with Gasteiger partial charge in [0, 0.05) is 29.9 Å². The maximum absolute atomic E-state index is 12.8. The second-order valence-corrected chi connectivity index (χ2v) is 8.99. The van der Waals surface area contributed by atoms with E-state index in [1.807, 2.05) is 31.2 Å². The molecule has 0 saturated carbocycles. The fourth-order valence-electron chi connectivity index (χ4n) is 4.55. The molecule has 1 N–H and O–H groups in total. The standard InChI is InChI=1S/C25H26ClN5O/c1-17-15-22(32)31-23(20-7-9-21(26)10-8-20)28-24(29-25(31)27-17)30-13-11-19(12-14-30)16-18-5-3-2-4-6-18/h2-10,15,19,23H,11-14,16H2,1H3,(H,27,28,29)/t23-/m0/s1. The zero-order valence-electron chi connectivity index (χ0n) is 18.0. The highest BCUT2D eigenvalue weighted by molar-refractivity contribution is 6.30. The van der Waals surface area contributed by atoms with Gasteiger partial charge in [0.2, 0.25) is 11.9 Å². The van der Waals surface area contributed by atoms with Crippen LogP contribution in [0.25, 0.3) is 0 Å². The van der Waals surface area contributed by atoms with Crippen molar-refractivity contribution in [2.75, 3.05) is 18.4 Å². The van der Waals surface area contributed by atoms with E-state index in [2.05, 4.69) is 45.5 Å². The van der Waals surface area contributed by atoms with Crippen molar-refractivity contribution in [1.82, 2.24) is 14.5 Å². The van der Waals surface area contributed by atoms with Crippen LogP contribution in [0.1, 0.15) is 35.8 Å². The fourth-order valence-corrected chi connectivity index (χ4v) is 4.68. The number of piperidine rings is 1. The molecular formula is C25H26ClN5O. The summed E-state index contributed by atoms with van der Waals surface area (Å²) < 4.78 is 1.61. The number of aryl methyl sites for hydroxylation is 1. The third-order valence-electron chi connectivity index (χ3n) is 6.24. The lowest BCUT2D eigenvalue weighted by Crippen LogP contribution is -2.46. The quantitative estimate of drug-likeness (QED) is 0.642. The molecule has 2 aromatic carbocycles. The topological polar surface area (TPSA) is 62.5 Å². The van der Waals surface area contributed by atoms with Crippen LogP contribution in [0.15, 0.2) is 70.5 Å². The van der Waals surface area contributed by atoms with Crippen LogP contribution in [0.4, 0.5) is 5.95 Å². The number of benzene rings is 2. The number of nitrogens with one attached hydrogen (secondary N) is 1. The summed E-state index contributed by atoms with van der Waals surface area (Å²) in [5.41, 5.74) is 2.87. The van der Waals surface area contributed by atoms with Crippen molar-refractivity contribution >= 4 is 23.5 Å². The van der Waals surface area contributed by atoms with E-state index in [1.165, 1.54) is 5.56 Å². The minimum Gasteiger partial charge on any atom is -0.343 e. The molecule has 0 radical (unpaired) electrons. The highest BCUT2D eigenvalue weighted by Gasteiger charge is 2.29. The average Bonchev–Trinajstić information content (AvgIpc) is 2.80. The molecule has 1 fully saturated rings. The van der Waals surface area contributed by atoms with E-state index in [0.717, 1.165) is 43.9 Å². The van der Waals surface area contributed by atoms with Crippen LogP contribution in [0.2, 0.25) is 5.02 Å². The van der Waals surface area contributed by atoms with E-state index in [1.54, 1.807) is 10.6 Å². The molecule has 6 nitrogen and oxygen atoms in total. The Labute approximate surface area is 192 Å². The highest BCUT2D eigenvalue weighted by atomic mass is 35.5. The third-order valence-corrected chi connectivity index (χ3v) is 6.49. The van der Waals surface area contributed by atoms with Crippen molar-refractivity contribution in [1.29, 1.82) is 0 Å². The van der Waals surface area contributed by atoms with Gasteiger partial charge in [-0.15, -0.1) is 0 Å². The zero-order valence-corrected chi connectivity index (χ0v) is 18.8. The Morgan fingerprint density at radius 3 is 2.50 bits per heavy atom. The van der Waals surface area contributed by atoms with Crippen LogP contribution >= 0.6 is 11.6 Å². The predicted molar refractivity (Wildman–Crippen MR) is 128 cm³/mol. The molecular weight excluding hydrogens is 422 g/mol. The molecule has 1 saturated heterocycles. The number of likely N-dealkylation sites (tertiary alicyclic amines) is 1. The van der Waals surface area contributed by atoms with Gasteiger partial charge in [0.05, 0.1) is 0 Å². The normalized spacial score (nSPS) is 18.6. The molecule has 2 aliphatic heterocycles. The first-order chi connectivity index (χ1) is 15.6. The van der Waals surface area contributed by atoms with Gasteiger partial charge in [-0.05, 0) is 55.4 Å². The van der Waals surface area contributed by atoms with Gasteiger partial charge in [-0.1, -0.05) is 54.1 Å². The van der Waals surface area contributed by atoms with Gasteiger partial charge in [0.15, 0.2) is 6.17 Å². The largest absolute Gasteiger partial charge is 0.343 e. The Kier molecular flexibility index (Phi) is 5.70. The second kappa shape index (κ2) is 8.79. The molecule has 1 aromatic heterocycles. The summed E-state index contributed by atoms with van der Waals surface area (Å²) in [6.07, 6.45) is 2.85. The minimum absolute atomic E-state index is 0.121. The third kappa shape index (κ3) is 4.28. The van der Waals surface area contributed by atoms with Crippen LogP contribution in [-0.2, 0) is 6.42 Å². The monoisotopic (exact) mass is 447 g/mol. The van der Waals surface area contributed by atoms with Crippen molar-refractivity contribution in [3.05, 3.63) is 92.9 Å². The number of hydrogen-bond donors (Lipinski definition) is 1. The van der Waals surface area contributed by atoms with E-state index in [9.17, 15) is 4.79 Å². The molecule has 0 unspecified atom stereocenters. The number of anilines is 1. The van der Waals surface area contributed by atoms with Gasteiger partial charge in [-0.3, -0.25) is 14.7 Å². The summed E-state index contributed by atoms with van der Waals surface area (Å²) in [6, 6.07) is 19.7. The first-order valence-electron chi connectivity index (χ1n) is 11.1. The Hall–Kier alpha value is -3.12. The lowest BCUT2D eigenvalue weighted by Gasteiger charge is -2.37. The Morgan fingerprint density at radius 1 is 1.06 bits per heavy atom. The molecule has 5 rings (SSSR count). The van der Waals surface area contributed by atoms with Gasteiger partial charge < -0.3 is 4.90 Å². The van der Waals surface area contributed by atoms with E-state index in [4.69, 9.17) is 16.6 Å². The number of halogens is 1. The summed E-state index contributed by atoms with van der Waals surface area (Å²) in [5.74, 6) is 1.98. The molecule has 164 valence electrons. The van der Waals surface area contributed by atoms with Crippen LogP contribution in [0.3, 0.4) is 0 Å². The molecule has 0 amide bonds. The lowest BCUT2D eigenvalue weighted by molar-refractivity contribution is 0.262. The molecule has 3 heterocycles. The Balaban J connectivity index is 1.39. The van der Waals surface area contributed by atoms with Gasteiger partial charge in [-0.2, -0.15) is 0 Å². The Bertz CT molecular complexity index is 1180. The van der Waals surface area contributed by atoms with E-state index < -0.39 is 6.17 Å². The number of hydrogen-bond acceptors (Lipinski definition) is 5. The number of guanidine groups is 1. The smallest absolute Gasteiger partial charge is 0.257 e. The van der Waals surface area contributed by atoms with Gasteiger partial charge in [0.1, 0.15) is 0 Å². The molecule has 1 atom stereocenters. The number of nitrogens with zero attached hydrogens (tertiary/aromatic N) is 4. The SMILES string of the molecule is Cc1cc(=O)n2c(n1)NC(N1CCC(Cc3ccccc3)CC1)=N[C@@H]2c1ccc(Cl)cc1. The maximum Gasteiger partial charge on any atom is 0.257 e. The molecule has 0 spiro atoms. The molecule has 2 aliphatic rings. The summed E-state index contributed by atoms with van der Waals surface area (Å²) in [7, 11) is 0. The fraction of sp³-hybridized carbons (Fsp3) is 0.320. The van der Waals surface area contributed by atoms with E-state index in [-0.39, 0.29) is 5.56 Å². The highest BCUT2D eigenvalue weighted by Crippen LogP contribution is 2.29. The van der Waals surface area contributed by atoms with Crippen LogP contribution in [0.5, 0.6) is 0 Å². The molecule has 3 aromatic rings. The predicted octanol–water partition coefficient (Wildman–Crippen LogP) is 4.49. The second-order valence-electron chi connectivity index (χ2n) is 8.55. The maximum atomic E-state index is 12.8. The molecule has 32 heavy (non-hydrogen) atoms. The summed E-state index contributed by atoms with van der Waals surface area (Å²) in [5, 5.41) is 3.98. The Morgan fingerprint density at radius 2 is 1.78 bits per heavy atom. The van der Waals surface area contributed by atoms with E-state index >= 15 is 0 Å². The van der Waals surface area contributed by atoms with Crippen molar-refractivity contribution in [3.8, 4) is 0 Å². The van der Waals surface area contributed by atoms with Gasteiger partial charge in [-0.25, -0.2) is 9.98 Å². The molecule has 7 heteroatoms. The number of aromatic nitrogens is 2. The average molecular weight is 448 g/mol. The first kappa shape index (κ1) is 20.8. The minimum atomic E-state index is -0.471. The first-order valence-corrected chi connectivity index (χ1v) is 11.4. The van der Waals surface area contributed by atoms with Crippen molar-refractivity contribution in [3.63, 3.8) is 0 Å². The summed E-state index contributed by atoms with van der Waals surface area (Å²) in [4.78, 5) is 24.6.